The molecule has 2 aromatic carbocycles. The van der Waals surface area contributed by atoms with Gasteiger partial charge in [-0.2, -0.15) is 44.2 Å². The van der Waals surface area contributed by atoms with Crippen LogP contribution in [0.25, 0.3) is 0 Å². The second-order valence-electron chi connectivity index (χ2n) is 8.42. The minimum absolute atomic E-state index is 0.0360. The van der Waals surface area contributed by atoms with Crippen molar-refractivity contribution in [2.45, 2.75) is 24.2 Å². The first-order valence-electron chi connectivity index (χ1n) is 10.9. The third-order valence-electron chi connectivity index (χ3n) is 5.79. The predicted octanol–water partition coefficient (Wildman–Crippen LogP) is 7.00. The van der Waals surface area contributed by atoms with Crippen LogP contribution >= 0.6 is 16.1 Å². The van der Waals surface area contributed by atoms with Gasteiger partial charge in [0.15, 0.2) is 18.2 Å². The lowest BCUT2D eigenvalue weighted by atomic mass is 9.92. The minimum atomic E-state index is -6.72. The number of carbonyl (C=O) groups excluding carboxylic acids is 2. The van der Waals surface area contributed by atoms with Gasteiger partial charge in [-0.15, -0.1) is 0 Å². The summed E-state index contributed by atoms with van der Waals surface area (Å²) in [7, 11) is 1.06. The molecule has 18 heteroatoms. The van der Waals surface area contributed by atoms with E-state index in [1.807, 2.05) is 0 Å². The van der Waals surface area contributed by atoms with Gasteiger partial charge < -0.3 is 10.1 Å². The topological polar surface area (TPSA) is 67.6 Å². The van der Waals surface area contributed by atoms with E-state index in [-0.39, 0.29) is 21.6 Å². The summed E-state index contributed by atoms with van der Waals surface area (Å²) in [5.41, 5.74) is -14.0. The van der Waals surface area contributed by atoms with E-state index in [1.165, 1.54) is 0 Å². The van der Waals surface area contributed by atoms with Crippen molar-refractivity contribution in [3.05, 3.63) is 94.2 Å². The van der Waals surface area contributed by atoms with E-state index in [9.17, 15) is 58.7 Å². The van der Waals surface area contributed by atoms with Crippen LogP contribution in [0.1, 0.15) is 31.8 Å². The molecule has 2 amide bonds. The maximum Gasteiger partial charge on any atom is 0.435 e. The molecular formula is C24H13BrF11N3O3. The van der Waals surface area contributed by atoms with Gasteiger partial charge in [-0.25, -0.2) is 12.7 Å². The molecule has 0 radical (unpaired) electrons. The van der Waals surface area contributed by atoms with Crippen LogP contribution in [0, 0.1) is 11.0 Å². The van der Waals surface area contributed by atoms with Crippen LogP contribution in [-0.2, 0) is 11.8 Å². The maximum absolute atomic E-state index is 15.4. The number of carbonyl (C=O) groups is 2. The molecule has 0 aliphatic carbocycles. The second kappa shape index (κ2) is 11.0. The fourth-order valence-corrected chi connectivity index (χ4v) is 4.15. The number of aromatic nitrogens is 1. The van der Waals surface area contributed by atoms with Gasteiger partial charge in [-0.1, -0.05) is 12.1 Å². The van der Waals surface area contributed by atoms with Gasteiger partial charge >= 0.3 is 24.2 Å². The van der Waals surface area contributed by atoms with E-state index in [2.05, 4.69) is 16.1 Å². The highest BCUT2D eigenvalue weighted by Gasteiger charge is 2.73. The number of anilines is 2. The molecule has 3 aromatic rings. The zero-order chi connectivity index (χ0) is 32.0. The molecule has 226 valence electrons. The van der Waals surface area contributed by atoms with Crippen LogP contribution < -0.4 is 13.6 Å². The molecule has 0 saturated carbocycles. The average molecular weight is 680 g/mol. The highest BCUT2D eigenvalue weighted by atomic mass is 79.9. The predicted molar refractivity (Wildman–Crippen MR) is 127 cm³/mol. The van der Waals surface area contributed by atoms with Crippen molar-refractivity contribution in [1.29, 1.82) is 0 Å². The minimum Gasteiger partial charge on any atom is -0.619 e. The summed E-state index contributed by atoms with van der Waals surface area (Å²) in [5, 5.41) is 11.2. The number of pyridine rings is 1. The number of amides is 2. The van der Waals surface area contributed by atoms with Crippen LogP contribution in [0.2, 0.25) is 0 Å². The summed E-state index contributed by atoms with van der Waals surface area (Å²) in [4.78, 5) is 26.4. The lowest BCUT2D eigenvalue weighted by Crippen LogP contribution is -2.50. The number of hydrogen-bond acceptors (Lipinski definition) is 3. The number of benzene rings is 2. The SMILES string of the molecule is CN(C(=O)c1cc[n+]([O-])cc1)c1cccc(C(=O)N(Br)c2ccc(C(F)(C(F)(F)F)C(F)(F)F)cc2C(F)(F)F)c1F. The molecule has 0 unspecified atom stereocenters. The van der Waals surface area contributed by atoms with Crippen LogP contribution in [-0.4, -0.2) is 31.2 Å². The quantitative estimate of drug-likeness (QED) is 0.126. The first kappa shape index (κ1) is 32.6. The van der Waals surface area contributed by atoms with Crippen molar-refractivity contribution in [3.8, 4) is 0 Å². The Morgan fingerprint density at radius 2 is 1.36 bits per heavy atom. The van der Waals surface area contributed by atoms with Crippen LogP contribution in [0.3, 0.4) is 0 Å². The second-order valence-corrected chi connectivity index (χ2v) is 9.13. The number of alkyl halides is 10. The van der Waals surface area contributed by atoms with Gasteiger partial charge in [-0.3, -0.25) is 9.59 Å². The third kappa shape index (κ3) is 5.84. The van der Waals surface area contributed by atoms with Crippen molar-refractivity contribution < 1.29 is 62.6 Å². The van der Waals surface area contributed by atoms with Crippen LogP contribution in [0.5, 0.6) is 0 Å². The normalized spacial score (nSPS) is 12.7. The van der Waals surface area contributed by atoms with Crippen molar-refractivity contribution in [2.75, 3.05) is 15.9 Å². The molecule has 0 N–H and O–H groups in total. The van der Waals surface area contributed by atoms with Gasteiger partial charge in [0.1, 0.15) is 0 Å². The fourth-order valence-electron chi connectivity index (χ4n) is 3.65. The molecule has 0 bridgehead atoms. The van der Waals surface area contributed by atoms with E-state index in [4.69, 9.17) is 0 Å². The first-order chi connectivity index (χ1) is 19.1. The first-order valence-corrected chi connectivity index (χ1v) is 11.6. The molecule has 1 heterocycles. The standard InChI is InChI=1S/C24H13BrF11N3O3/c1-37(19(40)12-7-9-38(42)10-8-12)17-4-2-3-14(18(17)26)20(41)39(25)16-6-5-13(11-15(16)22(28,29)30)21(27,23(31,32)33)24(34,35)36/h2-11H,1H3. The summed E-state index contributed by atoms with van der Waals surface area (Å²) in [5.74, 6) is -3.98. The molecule has 0 spiro atoms. The van der Waals surface area contributed by atoms with Gasteiger partial charge in [0, 0.05) is 24.7 Å². The molecule has 0 aliphatic rings. The zero-order valence-electron chi connectivity index (χ0n) is 20.4. The molecule has 1 aromatic heterocycles. The molecule has 0 atom stereocenters. The molecule has 3 rings (SSSR count). The Kier molecular flexibility index (Phi) is 8.55. The molecule has 6 nitrogen and oxygen atoms in total. The van der Waals surface area contributed by atoms with Crippen molar-refractivity contribution in [3.63, 3.8) is 0 Å². The van der Waals surface area contributed by atoms with Gasteiger partial charge in [-0.05, 0) is 24.3 Å². The molecular weight excluding hydrogens is 667 g/mol. The molecule has 0 saturated heterocycles. The smallest absolute Gasteiger partial charge is 0.435 e. The summed E-state index contributed by atoms with van der Waals surface area (Å²) in [6, 6.07) is 3.91. The Hall–Kier alpha value is -3.96. The number of halogens is 12. The summed E-state index contributed by atoms with van der Waals surface area (Å²) in [6.07, 6.45) is -17.3. The Balaban J connectivity index is 2.08. The van der Waals surface area contributed by atoms with E-state index in [1.54, 1.807) is 0 Å². The summed E-state index contributed by atoms with van der Waals surface area (Å²) >= 11 is 2.42. The largest absolute Gasteiger partial charge is 0.619 e. The monoisotopic (exact) mass is 679 g/mol. The highest BCUT2D eigenvalue weighted by Crippen LogP contribution is 2.54. The Morgan fingerprint density at radius 3 is 1.86 bits per heavy atom. The summed E-state index contributed by atoms with van der Waals surface area (Å²) < 4.78 is 150. The zero-order valence-corrected chi connectivity index (χ0v) is 22.0. The Morgan fingerprint density at radius 1 is 0.810 bits per heavy atom. The van der Waals surface area contributed by atoms with Crippen molar-refractivity contribution in [1.82, 2.24) is 0 Å². The average Bonchev–Trinajstić information content (AvgIpc) is 2.89. The molecule has 0 fully saturated rings. The van der Waals surface area contributed by atoms with E-state index < -0.39 is 76.0 Å². The fraction of sp³-hybridized carbons (Fsp3) is 0.208. The van der Waals surface area contributed by atoms with Gasteiger partial charge in [0.25, 0.3) is 11.8 Å². The lowest BCUT2D eigenvalue weighted by Gasteiger charge is -2.31. The van der Waals surface area contributed by atoms with Gasteiger partial charge in [0.05, 0.1) is 44.2 Å². The van der Waals surface area contributed by atoms with E-state index >= 15 is 4.39 Å². The molecule has 42 heavy (non-hydrogen) atoms. The number of nitrogens with zero attached hydrogens (tertiary/aromatic N) is 3. The summed E-state index contributed by atoms with van der Waals surface area (Å²) in [6.45, 7) is 0. The highest BCUT2D eigenvalue weighted by molar-refractivity contribution is 9.10. The van der Waals surface area contributed by atoms with Crippen LogP contribution in [0.4, 0.5) is 59.7 Å². The van der Waals surface area contributed by atoms with E-state index in [0.717, 1.165) is 49.8 Å². The maximum atomic E-state index is 15.4. The van der Waals surface area contributed by atoms with E-state index in [0.29, 0.717) is 9.63 Å². The lowest BCUT2D eigenvalue weighted by molar-refractivity contribution is -0.605. The molecule has 0 aliphatic heterocycles. The van der Waals surface area contributed by atoms with Crippen LogP contribution in [0.15, 0.2) is 60.9 Å². The third-order valence-corrected chi connectivity index (χ3v) is 6.50. The Labute approximate surface area is 236 Å². The number of hydrogen-bond donors (Lipinski definition) is 0. The number of rotatable bonds is 5. The Bertz CT molecular complexity index is 1490. The van der Waals surface area contributed by atoms with Crippen molar-refractivity contribution >= 4 is 39.3 Å². The van der Waals surface area contributed by atoms with Gasteiger partial charge in [0.2, 0.25) is 0 Å². The van der Waals surface area contributed by atoms with Crippen molar-refractivity contribution in [2.24, 2.45) is 0 Å².